The second-order valence-corrected chi connectivity index (χ2v) is 4.36. The summed E-state index contributed by atoms with van der Waals surface area (Å²) in [5.41, 5.74) is 0. The van der Waals surface area contributed by atoms with E-state index in [0.29, 0.717) is 6.42 Å². The zero-order valence-electron chi connectivity index (χ0n) is 8.82. The molecule has 0 aromatic heterocycles. The summed E-state index contributed by atoms with van der Waals surface area (Å²) in [7, 11) is 1.53. The van der Waals surface area contributed by atoms with Gasteiger partial charge < -0.3 is 10.0 Å². The van der Waals surface area contributed by atoms with Gasteiger partial charge in [-0.25, -0.2) is 4.79 Å². The Morgan fingerprint density at radius 3 is 2.43 bits per heavy atom. The Morgan fingerprint density at radius 2 is 2.07 bits per heavy atom. The molecule has 4 nitrogen and oxygen atoms in total. The van der Waals surface area contributed by atoms with Gasteiger partial charge in [0.15, 0.2) is 0 Å². The van der Waals surface area contributed by atoms with Crippen LogP contribution in [-0.4, -0.2) is 46.5 Å². The van der Waals surface area contributed by atoms with Crippen molar-refractivity contribution < 1.29 is 14.7 Å². The van der Waals surface area contributed by atoms with Gasteiger partial charge in [0.25, 0.3) is 0 Å². The molecule has 0 aliphatic rings. The van der Waals surface area contributed by atoms with Crippen LogP contribution in [0.1, 0.15) is 20.3 Å². The molecule has 5 heteroatoms. The highest BCUT2D eigenvalue weighted by molar-refractivity contribution is 7.99. The number of aliphatic carboxylic acids is 1. The van der Waals surface area contributed by atoms with Crippen molar-refractivity contribution in [3.63, 3.8) is 0 Å². The molecule has 0 spiro atoms. The lowest BCUT2D eigenvalue weighted by Gasteiger charge is -2.23. The number of carboxylic acids is 1. The molecule has 0 fully saturated rings. The highest BCUT2D eigenvalue weighted by Crippen LogP contribution is 2.09. The minimum atomic E-state index is -0.931. The standard InChI is InChI=1S/C9H17NO3S/c1-4-14-6-5-8(9(12)13)10(3)7(2)11/h8H,4-6H2,1-3H3,(H,12,13). The number of carbonyl (C=O) groups is 2. The Hall–Kier alpha value is -0.710. The Balaban J connectivity index is 4.15. The minimum Gasteiger partial charge on any atom is -0.480 e. The first-order valence-electron chi connectivity index (χ1n) is 4.54. The Bertz CT molecular complexity index is 208. The van der Waals surface area contributed by atoms with Crippen molar-refractivity contribution in [2.24, 2.45) is 0 Å². The summed E-state index contributed by atoms with van der Waals surface area (Å²) in [6.07, 6.45) is 0.504. The van der Waals surface area contributed by atoms with E-state index in [-0.39, 0.29) is 5.91 Å². The fraction of sp³-hybridized carbons (Fsp3) is 0.778. The molecule has 14 heavy (non-hydrogen) atoms. The maximum atomic E-state index is 11.0. The van der Waals surface area contributed by atoms with Crippen molar-refractivity contribution in [1.82, 2.24) is 4.90 Å². The van der Waals surface area contributed by atoms with Crippen LogP contribution in [0.5, 0.6) is 0 Å². The molecule has 0 rings (SSSR count). The molecule has 1 unspecified atom stereocenters. The Kier molecular flexibility index (Phi) is 6.36. The van der Waals surface area contributed by atoms with Crippen molar-refractivity contribution >= 4 is 23.6 Å². The Labute approximate surface area is 88.7 Å². The van der Waals surface area contributed by atoms with E-state index in [1.165, 1.54) is 18.9 Å². The lowest BCUT2D eigenvalue weighted by molar-refractivity contribution is -0.148. The van der Waals surface area contributed by atoms with Gasteiger partial charge in [0.05, 0.1) is 0 Å². The molecule has 82 valence electrons. The van der Waals surface area contributed by atoms with E-state index in [0.717, 1.165) is 11.5 Å². The number of nitrogens with zero attached hydrogens (tertiary/aromatic N) is 1. The van der Waals surface area contributed by atoms with Crippen molar-refractivity contribution in [3.8, 4) is 0 Å². The van der Waals surface area contributed by atoms with Gasteiger partial charge in [-0.3, -0.25) is 4.79 Å². The highest BCUT2D eigenvalue weighted by Gasteiger charge is 2.23. The third-order valence-electron chi connectivity index (χ3n) is 1.99. The van der Waals surface area contributed by atoms with Gasteiger partial charge in [-0.15, -0.1) is 0 Å². The van der Waals surface area contributed by atoms with E-state index in [1.807, 2.05) is 6.92 Å². The first kappa shape index (κ1) is 13.3. The first-order chi connectivity index (χ1) is 6.50. The molecule has 0 bridgehead atoms. The maximum absolute atomic E-state index is 11.0. The molecule has 0 radical (unpaired) electrons. The highest BCUT2D eigenvalue weighted by atomic mass is 32.2. The van der Waals surface area contributed by atoms with Gasteiger partial charge >= 0.3 is 5.97 Å². The van der Waals surface area contributed by atoms with E-state index in [4.69, 9.17) is 5.11 Å². The van der Waals surface area contributed by atoms with E-state index in [9.17, 15) is 9.59 Å². The summed E-state index contributed by atoms with van der Waals surface area (Å²) >= 11 is 1.68. The van der Waals surface area contributed by atoms with Crippen LogP contribution >= 0.6 is 11.8 Å². The summed E-state index contributed by atoms with van der Waals surface area (Å²) in [6, 6.07) is -0.688. The normalized spacial score (nSPS) is 12.2. The van der Waals surface area contributed by atoms with Crippen LogP contribution < -0.4 is 0 Å². The number of carbonyl (C=O) groups excluding carboxylic acids is 1. The summed E-state index contributed by atoms with van der Waals surface area (Å²) in [5.74, 6) is 0.597. The largest absolute Gasteiger partial charge is 0.480 e. The molecule has 0 heterocycles. The number of likely N-dealkylation sites (N-methyl/N-ethyl adjacent to an activating group) is 1. The van der Waals surface area contributed by atoms with Crippen molar-refractivity contribution in [1.29, 1.82) is 0 Å². The number of amides is 1. The smallest absolute Gasteiger partial charge is 0.326 e. The molecule has 0 saturated heterocycles. The number of hydrogen-bond acceptors (Lipinski definition) is 3. The van der Waals surface area contributed by atoms with Crippen LogP contribution in [0.15, 0.2) is 0 Å². The average molecular weight is 219 g/mol. The van der Waals surface area contributed by atoms with Crippen LogP contribution in [-0.2, 0) is 9.59 Å². The van der Waals surface area contributed by atoms with Gasteiger partial charge in [-0.2, -0.15) is 11.8 Å². The summed E-state index contributed by atoms with van der Waals surface area (Å²) in [4.78, 5) is 23.1. The van der Waals surface area contributed by atoms with E-state index in [1.54, 1.807) is 11.8 Å². The summed E-state index contributed by atoms with van der Waals surface area (Å²) < 4.78 is 0. The fourth-order valence-electron chi connectivity index (χ4n) is 1.04. The lowest BCUT2D eigenvalue weighted by Crippen LogP contribution is -2.41. The summed E-state index contributed by atoms with van der Waals surface area (Å²) in [6.45, 7) is 3.40. The number of thioether (sulfide) groups is 1. The number of hydrogen-bond donors (Lipinski definition) is 1. The molecular formula is C9H17NO3S. The molecule has 0 aliphatic carbocycles. The number of carboxylic acid groups (broad SMARTS) is 1. The SMILES string of the molecule is CCSCCC(C(=O)O)N(C)C(C)=O. The monoisotopic (exact) mass is 219 g/mol. The van der Waals surface area contributed by atoms with Crippen LogP contribution in [0, 0.1) is 0 Å². The maximum Gasteiger partial charge on any atom is 0.326 e. The van der Waals surface area contributed by atoms with Crippen LogP contribution in [0.3, 0.4) is 0 Å². The topological polar surface area (TPSA) is 57.6 Å². The van der Waals surface area contributed by atoms with Gasteiger partial charge in [-0.1, -0.05) is 6.92 Å². The lowest BCUT2D eigenvalue weighted by atomic mass is 10.2. The van der Waals surface area contributed by atoms with Crippen LogP contribution in [0.25, 0.3) is 0 Å². The van der Waals surface area contributed by atoms with E-state index >= 15 is 0 Å². The first-order valence-corrected chi connectivity index (χ1v) is 5.70. The molecule has 1 amide bonds. The minimum absolute atomic E-state index is 0.209. The molecule has 0 aromatic carbocycles. The third kappa shape index (κ3) is 4.50. The molecule has 0 aromatic rings. The van der Waals surface area contributed by atoms with E-state index in [2.05, 4.69) is 0 Å². The van der Waals surface area contributed by atoms with Gasteiger partial charge in [0.1, 0.15) is 6.04 Å². The van der Waals surface area contributed by atoms with Gasteiger partial charge in [0.2, 0.25) is 5.91 Å². The van der Waals surface area contributed by atoms with Crippen molar-refractivity contribution in [2.45, 2.75) is 26.3 Å². The van der Waals surface area contributed by atoms with Crippen molar-refractivity contribution in [2.75, 3.05) is 18.6 Å². The third-order valence-corrected chi connectivity index (χ3v) is 2.92. The molecule has 0 aliphatic heterocycles. The summed E-state index contributed by atoms with van der Waals surface area (Å²) in [5, 5.41) is 8.89. The van der Waals surface area contributed by atoms with Crippen LogP contribution in [0.4, 0.5) is 0 Å². The fourth-order valence-corrected chi connectivity index (χ4v) is 1.72. The zero-order chi connectivity index (χ0) is 11.1. The molecule has 0 saturated carbocycles. The Morgan fingerprint density at radius 1 is 1.50 bits per heavy atom. The van der Waals surface area contributed by atoms with E-state index < -0.39 is 12.0 Å². The quantitative estimate of drug-likeness (QED) is 0.679. The molecule has 1 N–H and O–H groups in total. The number of rotatable bonds is 6. The predicted molar refractivity (Wildman–Crippen MR) is 57.5 cm³/mol. The average Bonchev–Trinajstić information content (AvgIpc) is 2.10. The second kappa shape index (κ2) is 6.70. The van der Waals surface area contributed by atoms with Gasteiger partial charge in [-0.05, 0) is 17.9 Å². The molecular weight excluding hydrogens is 202 g/mol. The zero-order valence-corrected chi connectivity index (χ0v) is 9.63. The molecule has 1 atom stereocenters. The van der Waals surface area contributed by atoms with Crippen LogP contribution in [0.2, 0.25) is 0 Å². The predicted octanol–water partition coefficient (Wildman–Crippen LogP) is 1.06. The second-order valence-electron chi connectivity index (χ2n) is 2.97. The van der Waals surface area contributed by atoms with Crippen molar-refractivity contribution in [3.05, 3.63) is 0 Å². The van der Waals surface area contributed by atoms with Gasteiger partial charge in [0, 0.05) is 14.0 Å².